The standard InChI is InChI=1S/C15H15BrN4O3S/c16-11-4-2-1-3-10(11)13(21)18-19-14(22)12-9-24-15(17-12)20-5-7-23-8-6-20/h1-4,9H,5-8H2,(H,18,21)(H,19,22). The summed E-state index contributed by atoms with van der Waals surface area (Å²) < 4.78 is 5.95. The first-order valence-corrected chi connectivity index (χ1v) is 8.96. The normalized spacial score (nSPS) is 14.3. The lowest BCUT2D eigenvalue weighted by atomic mass is 10.2. The zero-order valence-corrected chi connectivity index (χ0v) is 15.0. The molecule has 1 aromatic carbocycles. The molecule has 2 amide bonds. The highest BCUT2D eigenvalue weighted by atomic mass is 79.9. The molecule has 2 heterocycles. The molecule has 0 aliphatic carbocycles. The van der Waals surface area contributed by atoms with E-state index in [1.54, 1.807) is 23.6 Å². The van der Waals surface area contributed by atoms with Crippen LogP contribution in [0.1, 0.15) is 20.8 Å². The summed E-state index contributed by atoms with van der Waals surface area (Å²) in [5.74, 6) is -0.856. The SMILES string of the molecule is O=C(NNC(=O)c1ccccc1Br)c1csc(N2CCOCC2)n1. The minimum atomic E-state index is -0.453. The van der Waals surface area contributed by atoms with Gasteiger partial charge < -0.3 is 9.64 Å². The predicted octanol–water partition coefficient (Wildman–Crippen LogP) is 1.82. The van der Waals surface area contributed by atoms with E-state index in [1.807, 2.05) is 6.07 Å². The monoisotopic (exact) mass is 410 g/mol. The highest BCUT2D eigenvalue weighted by molar-refractivity contribution is 9.10. The van der Waals surface area contributed by atoms with Crippen molar-refractivity contribution in [2.75, 3.05) is 31.2 Å². The third kappa shape index (κ3) is 3.92. The number of ether oxygens (including phenoxy) is 1. The maximum atomic E-state index is 12.1. The average molecular weight is 411 g/mol. The quantitative estimate of drug-likeness (QED) is 0.753. The number of hydrazine groups is 1. The van der Waals surface area contributed by atoms with Gasteiger partial charge in [-0.1, -0.05) is 12.1 Å². The zero-order valence-electron chi connectivity index (χ0n) is 12.6. The van der Waals surface area contributed by atoms with Crippen molar-refractivity contribution in [1.29, 1.82) is 0 Å². The number of morpholine rings is 1. The van der Waals surface area contributed by atoms with Gasteiger partial charge in [-0.15, -0.1) is 11.3 Å². The number of aromatic nitrogens is 1. The van der Waals surface area contributed by atoms with Crippen LogP contribution in [0.3, 0.4) is 0 Å². The Balaban J connectivity index is 1.58. The van der Waals surface area contributed by atoms with Crippen LogP contribution in [0.25, 0.3) is 0 Å². The molecular formula is C15H15BrN4O3S. The number of hydrogen-bond donors (Lipinski definition) is 2. The number of hydrogen-bond acceptors (Lipinski definition) is 6. The van der Waals surface area contributed by atoms with Crippen LogP contribution >= 0.6 is 27.3 Å². The summed E-state index contributed by atoms with van der Waals surface area (Å²) in [6.07, 6.45) is 0. The number of carbonyl (C=O) groups excluding carboxylic acids is 2. The molecule has 0 radical (unpaired) electrons. The molecule has 3 rings (SSSR count). The minimum Gasteiger partial charge on any atom is -0.378 e. The molecule has 2 aromatic rings. The Morgan fingerprint density at radius 1 is 1.17 bits per heavy atom. The largest absolute Gasteiger partial charge is 0.378 e. The average Bonchev–Trinajstić information content (AvgIpc) is 3.11. The number of benzene rings is 1. The van der Waals surface area contributed by atoms with E-state index in [0.29, 0.717) is 23.2 Å². The molecule has 1 fully saturated rings. The molecule has 24 heavy (non-hydrogen) atoms. The van der Waals surface area contributed by atoms with Crippen molar-refractivity contribution in [3.05, 3.63) is 45.4 Å². The van der Waals surface area contributed by atoms with Gasteiger partial charge in [0.25, 0.3) is 11.8 Å². The number of carbonyl (C=O) groups is 2. The molecule has 0 saturated carbocycles. The van der Waals surface area contributed by atoms with Crippen LogP contribution in [-0.4, -0.2) is 43.1 Å². The highest BCUT2D eigenvalue weighted by Gasteiger charge is 2.18. The number of nitrogens with one attached hydrogen (secondary N) is 2. The van der Waals surface area contributed by atoms with Gasteiger partial charge in [-0.3, -0.25) is 20.4 Å². The van der Waals surface area contributed by atoms with Crippen LogP contribution in [0.4, 0.5) is 5.13 Å². The van der Waals surface area contributed by atoms with E-state index in [9.17, 15) is 9.59 Å². The fraction of sp³-hybridized carbons (Fsp3) is 0.267. The Kier molecular flexibility index (Phi) is 5.44. The summed E-state index contributed by atoms with van der Waals surface area (Å²) in [4.78, 5) is 30.6. The summed E-state index contributed by atoms with van der Waals surface area (Å²) in [6, 6.07) is 6.97. The third-order valence-electron chi connectivity index (χ3n) is 3.41. The molecule has 1 aromatic heterocycles. The molecule has 1 saturated heterocycles. The second kappa shape index (κ2) is 7.73. The Bertz CT molecular complexity index is 746. The first-order chi connectivity index (χ1) is 11.6. The van der Waals surface area contributed by atoms with E-state index >= 15 is 0 Å². The fourth-order valence-corrected chi connectivity index (χ4v) is 3.48. The van der Waals surface area contributed by atoms with Crippen LogP contribution in [0.5, 0.6) is 0 Å². The van der Waals surface area contributed by atoms with E-state index in [-0.39, 0.29) is 5.69 Å². The van der Waals surface area contributed by atoms with Gasteiger partial charge >= 0.3 is 0 Å². The minimum absolute atomic E-state index is 0.272. The van der Waals surface area contributed by atoms with Gasteiger partial charge in [-0.2, -0.15) is 0 Å². The van der Waals surface area contributed by atoms with Crippen LogP contribution < -0.4 is 15.8 Å². The van der Waals surface area contributed by atoms with Crippen LogP contribution in [-0.2, 0) is 4.74 Å². The zero-order chi connectivity index (χ0) is 16.9. The molecule has 0 atom stereocenters. The molecule has 1 aliphatic rings. The fourth-order valence-electron chi connectivity index (χ4n) is 2.16. The lowest BCUT2D eigenvalue weighted by Gasteiger charge is -2.25. The summed E-state index contributed by atoms with van der Waals surface area (Å²) >= 11 is 4.69. The summed E-state index contributed by atoms with van der Waals surface area (Å²) in [7, 11) is 0. The predicted molar refractivity (Wildman–Crippen MR) is 94.2 cm³/mol. The van der Waals surface area contributed by atoms with Crippen LogP contribution in [0, 0.1) is 0 Å². The van der Waals surface area contributed by atoms with Gasteiger partial charge in [0.15, 0.2) is 5.13 Å². The third-order valence-corrected chi connectivity index (χ3v) is 5.01. The highest BCUT2D eigenvalue weighted by Crippen LogP contribution is 2.21. The van der Waals surface area contributed by atoms with Crippen molar-refractivity contribution in [3.8, 4) is 0 Å². The lowest BCUT2D eigenvalue weighted by Crippen LogP contribution is -2.42. The Hall–Kier alpha value is -1.97. The van der Waals surface area contributed by atoms with Gasteiger partial charge in [0.2, 0.25) is 0 Å². The van der Waals surface area contributed by atoms with Gasteiger partial charge in [-0.05, 0) is 28.1 Å². The van der Waals surface area contributed by atoms with Crippen molar-refractivity contribution < 1.29 is 14.3 Å². The number of rotatable bonds is 3. The van der Waals surface area contributed by atoms with E-state index < -0.39 is 11.8 Å². The molecule has 0 bridgehead atoms. The van der Waals surface area contributed by atoms with Gasteiger partial charge in [0, 0.05) is 22.9 Å². The van der Waals surface area contributed by atoms with Gasteiger partial charge in [0.05, 0.1) is 18.8 Å². The Labute approximate surface area is 151 Å². The molecule has 7 nitrogen and oxygen atoms in total. The maximum absolute atomic E-state index is 12.1. The topological polar surface area (TPSA) is 83.6 Å². The van der Waals surface area contributed by atoms with E-state index in [1.165, 1.54) is 11.3 Å². The number of thiazole rings is 1. The van der Waals surface area contributed by atoms with Crippen molar-refractivity contribution in [2.45, 2.75) is 0 Å². The first-order valence-electron chi connectivity index (χ1n) is 7.28. The van der Waals surface area contributed by atoms with Crippen LogP contribution in [0.2, 0.25) is 0 Å². The van der Waals surface area contributed by atoms with E-state index in [4.69, 9.17) is 4.74 Å². The lowest BCUT2D eigenvalue weighted by molar-refractivity contribution is 0.0844. The Morgan fingerprint density at radius 2 is 1.88 bits per heavy atom. The first kappa shape index (κ1) is 16.9. The number of amides is 2. The smallest absolute Gasteiger partial charge is 0.289 e. The summed E-state index contributed by atoms with van der Waals surface area (Å²) in [6.45, 7) is 2.83. The molecule has 126 valence electrons. The number of nitrogens with zero attached hydrogens (tertiary/aromatic N) is 2. The summed E-state index contributed by atoms with van der Waals surface area (Å²) in [5, 5.41) is 2.45. The second-order valence-electron chi connectivity index (χ2n) is 5.00. The van der Waals surface area contributed by atoms with Crippen molar-refractivity contribution in [3.63, 3.8) is 0 Å². The summed E-state index contributed by atoms with van der Waals surface area (Å²) in [5.41, 5.74) is 5.48. The van der Waals surface area contributed by atoms with Crippen LogP contribution in [0.15, 0.2) is 34.1 Å². The van der Waals surface area contributed by atoms with Crippen molar-refractivity contribution in [2.24, 2.45) is 0 Å². The molecule has 9 heteroatoms. The molecular weight excluding hydrogens is 396 g/mol. The van der Waals surface area contributed by atoms with E-state index in [2.05, 4.69) is 36.7 Å². The number of halogens is 1. The molecule has 0 spiro atoms. The number of anilines is 1. The van der Waals surface area contributed by atoms with Gasteiger partial charge in [0.1, 0.15) is 5.69 Å². The second-order valence-corrected chi connectivity index (χ2v) is 6.69. The van der Waals surface area contributed by atoms with Gasteiger partial charge in [-0.25, -0.2) is 4.98 Å². The maximum Gasteiger partial charge on any atom is 0.289 e. The van der Waals surface area contributed by atoms with Crippen molar-refractivity contribution >= 4 is 44.2 Å². The Morgan fingerprint density at radius 3 is 2.62 bits per heavy atom. The van der Waals surface area contributed by atoms with Crippen molar-refractivity contribution in [1.82, 2.24) is 15.8 Å². The molecule has 1 aliphatic heterocycles. The molecule has 2 N–H and O–H groups in total. The molecule has 0 unspecified atom stereocenters. The van der Waals surface area contributed by atoms with E-state index in [0.717, 1.165) is 18.2 Å².